The van der Waals surface area contributed by atoms with Gasteiger partial charge in [0, 0.05) is 31.9 Å². The number of carbonyl (C=O) groups excluding carboxylic acids is 1. The quantitative estimate of drug-likeness (QED) is 0.498. The molecule has 4 aromatic rings. The molecule has 1 saturated heterocycles. The minimum Gasteiger partial charge on any atom is -0.408 e. The SMILES string of the molecule is Cc1cccc(Nc2ccc(N3CCN(C(=O)Cn4c(=O)oc5ccccc54)CC3)nn2)n1. The van der Waals surface area contributed by atoms with Gasteiger partial charge < -0.3 is 19.5 Å². The van der Waals surface area contributed by atoms with Crippen molar-refractivity contribution >= 4 is 34.5 Å². The number of para-hydroxylation sites is 2. The van der Waals surface area contributed by atoms with Gasteiger partial charge in [0.1, 0.15) is 12.4 Å². The van der Waals surface area contributed by atoms with Crippen molar-refractivity contribution in [3.05, 3.63) is 70.8 Å². The van der Waals surface area contributed by atoms with Gasteiger partial charge in [-0.3, -0.25) is 9.36 Å². The van der Waals surface area contributed by atoms with Crippen LogP contribution in [0.25, 0.3) is 11.1 Å². The van der Waals surface area contributed by atoms with E-state index in [-0.39, 0.29) is 12.5 Å². The van der Waals surface area contributed by atoms with Crippen LogP contribution in [0.5, 0.6) is 0 Å². The summed E-state index contributed by atoms with van der Waals surface area (Å²) in [5, 5.41) is 11.7. The van der Waals surface area contributed by atoms with Gasteiger partial charge in [-0.25, -0.2) is 9.78 Å². The molecule has 0 aliphatic carbocycles. The van der Waals surface area contributed by atoms with Gasteiger partial charge in [-0.2, -0.15) is 0 Å². The van der Waals surface area contributed by atoms with Crippen LogP contribution in [-0.2, 0) is 11.3 Å². The number of carbonyl (C=O) groups is 1. The molecule has 1 aliphatic rings. The number of anilines is 3. The van der Waals surface area contributed by atoms with Crippen molar-refractivity contribution in [1.29, 1.82) is 0 Å². The van der Waals surface area contributed by atoms with Crippen LogP contribution in [0.3, 0.4) is 0 Å². The Bertz CT molecular complexity index is 1340. The lowest BCUT2D eigenvalue weighted by Crippen LogP contribution is -2.50. The summed E-state index contributed by atoms with van der Waals surface area (Å²) in [6.07, 6.45) is 0. The summed E-state index contributed by atoms with van der Waals surface area (Å²) in [6, 6.07) is 16.6. The maximum Gasteiger partial charge on any atom is 0.420 e. The molecule has 10 heteroatoms. The molecule has 0 radical (unpaired) electrons. The summed E-state index contributed by atoms with van der Waals surface area (Å²) in [5.41, 5.74) is 2.02. The average molecular weight is 445 g/mol. The summed E-state index contributed by atoms with van der Waals surface area (Å²) >= 11 is 0. The molecule has 168 valence electrons. The monoisotopic (exact) mass is 445 g/mol. The predicted octanol–water partition coefficient (Wildman–Crippen LogP) is 2.18. The van der Waals surface area contributed by atoms with Gasteiger partial charge >= 0.3 is 5.76 Å². The summed E-state index contributed by atoms with van der Waals surface area (Å²) in [5.74, 6) is 1.45. The van der Waals surface area contributed by atoms with Gasteiger partial charge in [-0.05, 0) is 43.3 Å². The van der Waals surface area contributed by atoms with Gasteiger partial charge in [-0.15, -0.1) is 10.2 Å². The van der Waals surface area contributed by atoms with Crippen molar-refractivity contribution in [3.63, 3.8) is 0 Å². The Morgan fingerprint density at radius 2 is 1.79 bits per heavy atom. The molecule has 33 heavy (non-hydrogen) atoms. The van der Waals surface area contributed by atoms with Crippen LogP contribution in [-0.4, -0.2) is 56.7 Å². The highest BCUT2D eigenvalue weighted by Crippen LogP contribution is 2.17. The van der Waals surface area contributed by atoms with E-state index in [4.69, 9.17) is 4.42 Å². The Kier molecular flexibility index (Phi) is 5.47. The second kappa shape index (κ2) is 8.73. The standard InChI is InChI=1S/C23H23N7O3/c1-16-5-4-8-19(24-16)25-20-9-10-21(27-26-20)28-11-13-29(14-12-28)22(31)15-30-17-6-2-3-7-18(17)33-23(30)32/h2-10H,11-15H2,1H3,(H,24,25,26). The Labute approximate surface area is 189 Å². The molecule has 4 heterocycles. The number of hydrogen-bond acceptors (Lipinski definition) is 8. The van der Waals surface area contributed by atoms with Gasteiger partial charge in [0.2, 0.25) is 5.91 Å². The lowest BCUT2D eigenvalue weighted by molar-refractivity contribution is -0.132. The molecule has 1 aliphatic heterocycles. The number of benzene rings is 1. The van der Waals surface area contributed by atoms with Gasteiger partial charge in [0.15, 0.2) is 17.2 Å². The molecule has 0 atom stereocenters. The number of fused-ring (bicyclic) bond motifs is 1. The third-order valence-corrected chi connectivity index (χ3v) is 5.62. The van der Waals surface area contributed by atoms with Crippen LogP contribution in [0.1, 0.15) is 5.69 Å². The second-order valence-corrected chi connectivity index (χ2v) is 7.86. The maximum atomic E-state index is 12.8. The lowest BCUT2D eigenvalue weighted by Gasteiger charge is -2.35. The lowest BCUT2D eigenvalue weighted by atomic mass is 10.3. The third kappa shape index (κ3) is 4.40. The van der Waals surface area contributed by atoms with Crippen LogP contribution in [0.4, 0.5) is 17.5 Å². The van der Waals surface area contributed by atoms with Crippen molar-refractivity contribution in [2.24, 2.45) is 0 Å². The first-order valence-electron chi connectivity index (χ1n) is 10.7. The molecule has 1 fully saturated rings. The van der Waals surface area contributed by atoms with Crippen molar-refractivity contribution in [2.75, 3.05) is 36.4 Å². The molecule has 0 saturated carbocycles. The first-order chi connectivity index (χ1) is 16.1. The highest BCUT2D eigenvalue weighted by molar-refractivity contribution is 5.79. The largest absolute Gasteiger partial charge is 0.420 e. The summed E-state index contributed by atoms with van der Waals surface area (Å²) in [6.45, 7) is 4.24. The smallest absolute Gasteiger partial charge is 0.408 e. The molecule has 1 N–H and O–H groups in total. The normalized spacial score (nSPS) is 14.0. The van der Waals surface area contributed by atoms with Gasteiger partial charge in [-0.1, -0.05) is 18.2 Å². The molecule has 0 unspecified atom stereocenters. The van der Waals surface area contributed by atoms with Crippen LogP contribution < -0.4 is 16.0 Å². The van der Waals surface area contributed by atoms with Crippen LogP contribution in [0.15, 0.2) is 63.8 Å². The van der Waals surface area contributed by atoms with Crippen LogP contribution in [0.2, 0.25) is 0 Å². The molecule has 1 amide bonds. The van der Waals surface area contributed by atoms with Crippen LogP contribution >= 0.6 is 0 Å². The zero-order chi connectivity index (χ0) is 22.8. The number of hydrogen-bond donors (Lipinski definition) is 1. The molecule has 10 nitrogen and oxygen atoms in total. The van der Waals surface area contributed by atoms with E-state index in [1.54, 1.807) is 23.1 Å². The number of nitrogens with zero attached hydrogens (tertiary/aromatic N) is 6. The Morgan fingerprint density at radius 3 is 2.55 bits per heavy atom. The van der Waals surface area contributed by atoms with Crippen LogP contribution in [0, 0.1) is 6.92 Å². The van der Waals surface area contributed by atoms with E-state index in [9.17, 15) is 9.59 Å². The summed E-state index contributed by atoms with van der Waals surface area (Å²) in [7, 11) is 0. The van der Waals surface area contributed by atoms with E-state index in [1.807, 2.05) is 43.3 Å². The molecule has 1 aromatic carbocycles. The molecule has 0 bridgehead atoms. The van der Waals surface area contributed by atoms with Gasteiger partial charge in [0.25, 0.3) is 0 Å². The van der Waals surface area contributed by atoms with Crippen molar-refractivity contribution in [3.8, 4) is 0 Å². The predicted molar refractivity (Wildman–Crippen MR) is 124 cm³/mol. The highest BCUT2D eigenvalue weighted by Gasteiger charge is 2.23. The zero-order valence-electron chi connectivity index (χ0n) is 18.1. The highest BCUT2D eigenvalue weighted by atomic mass is 16.4. The molecule has 3 aromatic heterocycles. The first kappa shape index (κ1) is 20.7. The van der Waals surface area contributed by atoms with Crippen molar-refractivity contribution < 1.29 is 9.21 Å². The number of amides is 1. The Morgan fingerprint density at radius 1 is 0.970 bits per heavy atom. The van der Waals surface area contributed by atoms with Crippen molar-refractivity contribution in [1.82, 2.24) is 24.6 Å². The number of aryl methyl sites for hydroxylation is 1. The van der Waals surface area contributed by atoms with Crippen molar-refractivity contribution in [2.45, 2.75) is 13.5 Å². The van der Waals surface area contributed by atoms with Gasteiger partial charge in [0.05, 0.1) is 5.52 Å². The Hall–Kier alpha value is -4.21. The van der Waals surface area contributed by atoms with E-state index >= 15 is 0 Å². The first-order valence-corrected chi connectivity index (χ1v) is 10.7. The number of oxazole rings is 1. The fourth-order valence-corrected chi connectivity index (χ4v) is 3.89. The number of rotatable bonds is 5. The minimum absolute atomic E-state index is 0.0387. The molecular formula is C23H23N7O3. The summed E-state index contributed by atoms with van der Waals surface area (Å²) < 4.78 is 6.60. The second-order valence-electron chi connectivity index (χ2n) is 7.86. The number of piperazine rings is 1. The van der Waals surface area contributed by atoms with E-state index in [2.05, 4.69) is 25.4 Å². The topological polar surface area (TPSA) is 109 Å². The minimum atomic E-state index is -0.520. The summed E-state index contributed by atoms with van der Waals surface area (Å²) in [4.78, 5) is 33.2. The fraction of sp³-hybridized carbons (Fsp3) is 0.261. The molecular weight excluding hydrogens is 422 g/mol. The number of nitrogens with one attached hydrogen (secondary N) is 1. The zero-order valence-corrected chi connectivity index (χ0v) is 18.1. The van der Waals surface area contributed by atoms with E-state index in [1.165, 1.54) is 4.57 Å². The van der Waals surface area contributed by atoms with E-state index in [0.717, 1.165) is 11.5 Å². The average Bonchev–Trinajstić information content (AvgIpc) is 3.14. The fourth-order valence-electron chi connectivity index (χ4n) is 3.89. The third-order valence-electron chi connectivity index (χ3n) is 5.62. The van der Waals surface area contributed by atoms with E-state index in [0.29, 0.717) is 48.9 Å². The van der Waals surface area contributed by atoms with E-state index < -0.39 is 5.76 Å². The molecule has 5 rings (SSSR count). The Balaban J connectivity index is 1.19. The maximum absolute atomic E-state index is 12.8. The number of pyridine rings is 1. The molecule has 0 spiro atoms. The number of aromatic nitrogens is 4.